The highest BCUT2D eigenvalue weighted by atomic mass is 16.3. The molecule has 0 saturated heterocycles. The van der Waals surface area contributed by atoms with E-state index in [0.29, 0.717) is 18.5 Å². The van der Waals surface area contributed by atoms with Gasteiger partial charge in [-0.1, -0.05) is 24.3 Å². The standard InChI is InChI=1S/C14H19N3O2/c1-15-7-6-13(18)14(19)11-4-2-10(3-5-11)12-8-16-9-17-12/h2-5,8-9,13-15,18-19H,6-7H2,1H3,(H,16,17). The van der Waals surface area contributed by atoms with Crippen molar-refractivity contribution in [2.75, 3.05) is 13.6 Å². The van der Waals surface area contributed by atoms with Crippen molar-refractivity contribution in [1.82, 2.24) is 15.3 Å². The Bertz CT molecular complexity index is 482. The van der Waals surface area contributed by atoms with Gasteiger partial charge < -0.3 is 20.5 Å². The monoisotopic (exact) mass is 261 g/mol. The molecule has 0 bridgehead atoms. The van der Waals surface area contributed by atoms with Crippen molar-refractivity contribution in [2.45, 2.75) is 18.6 Å². The molecule has 5 heteroatoms. The summed E-state index contributed by atoms with van der Waals surface area (Å²) in [5.41, 5.74) is 2.64. The van der Waals surface area contributed by atoms with Crippen molar-refractivity contribution in [3.8, 4) is 11.3 Å². The molecule has 0 spiro atoms. The molecule has 0 saturated carbocycles. The quantitative estimate of drug-likeness (QED) is 0.627. The molecule has 0 aliphatic heterocycles. The predicted molar refractivity (Wildman–Crippen MR) is 73.5 cm³/mol. The number of imidazole rings is 1. The molecule has 2 atom stereocenters. The lowest BCUT2D eigenvalue weighted by atomic mass is 10.0. The van der Waals surface area contributed by atoms with Crippen molar-refractivity contribution in [3.63, 3.8) is 0 Å². The minimum absolute atomic E-state index is 0.514. The Kier molecular flexibility index (Phi) is 4.68. The van der Waals surface area contributed by atoms with E-state index in [1.54, 1.807) is 12.5 Å². The first kappa shape index (κ1) is 13.7. The molecule has 2 aromatic rings. The molecule has 0 aliphatic carbocycles. The van der Waals surface area contributed by atoms with E-state index >= 15 is 0 Å². The first-order chi connectivity index (χ1) is 9.22. The molecule has 2 unspecified atom stereocenters. The zero-order chi connectivity index (χ0) is 13.7. The lowest BCUT2D eigenvalue weighted by Crippen LogP contribution is -2.23. The van der Waals surface area contributed by atoms with Crippen LogP contribution in [0.25, 0.3) is 11.3 Å². The van der Waals surface area contributed by atoms with E-state index in [0.717, 1.165) is 11.3 Å². The molecule has 0 amide bonds. The van der Waals surface area contributed by atoms with E-state index in [-0.39, 0.29) is 0 Å². The molecule has 1 aromatic carbocycles. The zero-order valence-electron chi connectivity index (χ0n) is 10.9. The summed E-state index contributed by atoms with van der Waals surface area (Å²) in [5, 5.41) is 22.8. The van der Waals surface area contributed by atoms with Crippen molar-refractivity contribution < 1.29 is 10.2 Å². The van der Waals surface area contributed by atoms with Crippen LogP contribution in [-0.4, -0.2) is 39.9 Å². The summed E-state index contributed by atoms with van der Waals surface area (Å²) in [6.45, 7) is 0.671. The van der Waals surface area contributed by atoms with Crippen LogP contribution in [0.5, 0.6) is 0 Å². The van der Waals surface area contributed by atoms with Crippen LogP contribution in [0.15, 0.2) is 36.8 Å². The third kappa shape index (κ3) is 3.41. The Labute approximate surface area is 112 Å². The van der Waals surface area contributed by atoms with E-state index in [9.17, 15) is 10.2 Å². The van der Waals surface area contributed by atoms with Crippen LogP contribution in [0.4, 0.5) is 0 Å². The minimum atomic E-state index is -0.857. The van der Waals surface area contributed by atoms with Gasteiger partial charge in [-0.15, -0.1) is 0 Å². The second-order valence-electron chi connectivity index (χ2n) is 4.49. The van der Waals surface area contributed by atoms with Crippen molar-refractivity contribution in [1.29, 1.82) is 0 Å². The van der Waals surface area contributed by atoms with Gasteiger partial charge in [0.1, 0.15) is 6.10 Å². The second-order valence-corrected chi connectivity index (χ2v) is 4.49. The number of aromatic nitrogens is 2. The van der Waals surface area contributed by atoms with Crippen LogP contribution in [0.2, 0.25) is 0 Å². The SMILES string of the molecule is CNCCC(O)C(O)c1ccc(-c2cnc[nH]2)cc1. The first-order valence-corrected chi connectivity index (χ1v) is 6.32. The number of H-pyrrole nitrogens is 1. The molecule has 0 radical (unpaired) electrons. The van der Waals surface area contributed by atoms with Gasteiger partial charge in [0.2, 0.25) is 0 Å². The fraction of sp³-hybridized carbons (Fsp3) is 0.357. The number of rotatable bonds is 6. The number of benzene rings is 1. The molecule has 4 N–H and O–H groups in total. The molecule has 0 aliphatic rings. The van der Waals surface area contributed by atoms with Crippen molar-refractivity contribution >= 4 is 0 Å². The highest BCUT2D eigenvalue weighted by Gasteiger charge is 2.17. The number of nitrogens with zero attached hydrogens (tertiary/aromatic N) is 1. The van der Waals surface area contributed by atoms with Crippen LogP contribution in [0, 0.1) is 0 Å². The summed E-state index contributed by atoms with van der Waals surface area (Å²) in [6.07, 6.45) is 2.27. The summed E-state index contributed by atoms with van der Waals surface area (Å²) in [7, 11) is 1.82. The van der Waals surface area contributed by atoms with E-state index in [1.807, 2.05) is 31.3 Å². The number of aromatic amines is 1. The summed E-state index contributed by atoms with van der Waals surface area (Å²) < 4.78 is 0. The Morgan fingerprint density at radius 1 is 1.26 bits per heavy atom. The maximum absolute atomic E-state index is 10.0. The van der Waals surface area contributed by atoms with Gasteiger partial charge in [-0.05, 0) is 31.1 Å². The van der Waals surface area contributed by atoms with Gasteiger partial charge in [0.25, 0.3) is 0 Å². The van der Waals surface area contributed by atoms with Crippen molar-refractivity contribution in [2.24, 2.45) is 0 Å². The molecule has 5 nitrogen and oxygen atoms in total. The van der Waals surface area contributed by atoms with Gasteiger partial charge in [-0.2, -0.15) is 0 Å². The normalized spacial score (nSPS) is 14.3. The molecular formula is C14H19N3O2. The Morgan fingerprint density at radius 3 is 2.58 bits per heavy atom. The van der Waals surface area contributed by atoms with Crippen molar-refractivity contribution in [3.05, 3.63) is 42.4 Å². The fourth-order valence-corrected chi connectivity index (χ4v) is 1.95. The fourth-order valence-electron chi connectivity index (χ4n) is 1.95. The summed E-state index contributed by atoms with van der Waals surface area (Å²) in [6, 6.07) is 7.45. The maximum Gasteiger partial charge on any atom is 0.105 e. The van der Waals surface area contributed by atoms with E-state index in [4.69, 9.17) is 0 Å². The molecule has 102 valence electrons. The zero-order valence-corrected chi connectivity index (χ0v) is 10.9. The van der Waals surface area contributed by atoms with Gasteiger partial charge in [-0.25, -0.2) is 4.98 Å². The Balaban J connectivity index is 2.05. The molecule has 19 heavy (non-hydrogen) atoms. The average molecular weight is 261 g/mol. The molecule has 0 fully saturated rings. The summed E-state index contributed by atoms with van der Waals surface area (Å²) in [5.74, 6) is 0. The van der Waals surface area contributed by atoms with Crippen LogP contribution in [-0.2, 0) is 0 Å². The largest absolute Gasteiger partial charge is 0.390 e. The van der Waals surface area contributed by atoms with Crippen LogP contribution in [0.3, 0.4) is 0 Å². The Morgan fingerprint density at radius 2 is 2.00 bits per heavy atom. The van der Waals surface area contributed by atoms with E-state index in [2.05, 4.69) is 15.3 Å². The van der Waals surface area contributed by atoms with Gasteiger partial charge >= 0.3 is 0 Å². The van der Waals surface area contributed by atoms with Crippen LogP contribution >= 0.6 is 0 Å². The lowest BCUT2D eigenvalue weighted by Gasteiger charge is -2.18. The van der Waals surface area contributed by atoms with E-state index < -0.39 is 12.2 Å². The van der Waals surface area contributed by atoms with Gasteiger partial charge in [-0.3, -0.25) is 0 Å². The number of aliphatic hydroxyl groups is 2. The third-order valence-electron chi connectivity index (χ3n) is 3.12. The average Bonchev–Trinajstić information content (AvgIpc) is 2.98. The topological polar surface area (TPSA) is 81.2 Å². The highest BCUT2D eigenvalue weighted by molar-refractivity contribution is 5.58. The predicted octanol–water partition coefficient (Wildman–Crippen LogP) is 1.08. The van der Waals surface area contributed by atoms with Crippen LogP contribution in [0.1, 0.15) is 18.1 Å². The smallest absolute Gasteiger partial charge is 0.105 e. The number of hydrogen-bond donors (Lipinski definition) is 4. The maximum atomic E-state index is 10.0. The van der Waals surface area contributed by atoms with Gasteiger partial charge in [0, 0.05) is 0 Å². The first-order valence-electron chi connectivity index (χ1n) is 6.32. The third-order valence-corrected chi connectivity index (χ3v) is 3.12. The van der Waals surface area contributed by atoms with E-state index in [1.165, 1.54) is 0 Å². The molecule has 1 aromatic heterocycles. The summed E-state index contributed by atoms with van der Waals surface area (Å²) >= 11 is 0. The second kappa shape index (κ2) is 6.47. The number of nitrogens with one attached hydrogen (secondary N) is 2. The van der Waals surface area contributed by atoms with Crippen LogP contribution < -0.4 is 5.32 Å². The Hall–Kier alpha value is -1.69. The van der Waals surface area contributed by atoms with Gasteiger partial charge in [0.05, 0.1) is 24.3 Å². The number of hydrogen-bond acceptors (Lipinski definition) is 4. The molecular weight excluding hydrogens is 242 g/mol. The minimum Gasteiger partial charge on any atom is -0.390 e. The highest BCUT2D eigenvalue weighted by Crippen LogP contribution is 2.22. The molecule has 2 rings (SSSR count). The lowest BCUT2D eigenvalue weighted by molar-refractivity contribution is 0.0140. The summed E-state index contributed by atoms with van der Waals surface area (Å²) in [4.78, 5) is 6.99. The number of aliphatic hydroxyl groups excluding tert-OH is 2. The molecule has 1 heterocycles. The van der Waals surface area contributed by atoms with Gasteiger partial charge in [0.15, 0.2) is 0 Å².